The molecule has 0 aliphatic heterocycles. The predicted molar refractivity (Wildman–Crippen MR) is 102 cm³/mol. The Kier molecular flexibility index (Phi) is 5.66. The van der Waals surface area contributed by atoms with E-state index in [0.717, 1.165) is 5.56 Å². The quantitative estimate of drug-likeness (QED) is 0.687. The summed E-state index contributed by atoms with van der Waals surface area (Å²) in [6, 6.07) is 18.0. The number of carbonyl (C=O) groups excluding carboxylic acids is 1. The molecule has 2 aromatic carbocycles. The molecular weight excluding hydrogens is 352 g/mol. The van der Waals surface area contributed by atoms with Crippen molar-refractivity contribution in [2.24, 2.45) is 0 Å². The van der Waals surface area contributed by atoms with Gasteiger partial charge in [0.25, 0.3) is 5.91 Å². The number of amides is 1. The second-order valence-electron chi connectivity index (χ2n) is 5.44. The fraction of sp³-hybridized carbons (Fsp3) is 0.105. The van der Waals surface area contributed by atoms with Crippen LogP contribution in [0.5, 0.6) is 5.75 Å². The van der Waals surface area contributed by atoms with E-state index in [1.807, 2.05) is 24.3 Å². The molecule has 0 fully saturated rings. The van der Waals surface area contributed by atoms with Gasteiger partial charge in [0.05, 0.1) is 12.7 Å². The van der Waals surface area contributed by atoms with E-state index in [1.54, 1.807) is 36.4 Å². The summed E-state index contributed by atoms with van der Waals surface area (Å²) in [6.45, 7) is 0.596. The first kappa shape index (κ1) is 17.7. The molecule has 1 aromatic heterocycles. The van der Waals surface area contributed by atoms with Crippen molar-refractivity contribution < 1.29 is 9.53 Å². The van der Waals surface area contributed by atoms with Gasteiger partial charge in [0.1, 0.15) is 11.6 Å². The Hall–Kier alpha value is -3.12. The summed E-state index contributed by atoms with van der Waals surface area (Å²) in [6.07, 6.45) is 0. The van der Waals surface area contributed by atoms with Crippen LogP contribution in [-0.4, -0.2) is 23.2 Å². The van der Waals surface area contributed by atoms with Gasteiger partial charge in [-0.25, -0.2) is 0 Å². The minimum atomic E-state index is -0.307. The number of benzene rings is 2. The van der Waals surface area contributed by atoms with E-state index in [4.69, 9.17) is 16.3 Å². The second kappa shape index (κ2) is 8.31. The van der Waals surface area contributed by atoms with Gasteiger partial charge in [-0.1, -0.05) is 35.9 Å². The molecule has 3 rings (SSSR count). The van der Waals surface area contributed by atoms with Crippen LogP contribution in [0.15, 0.2) is 60.7 Å². The molecule has 3 aromatic rings. The lowest BCUT2D eigenvalue weighted by Gasteiger charge is -2.09. The SMILES string of the molecule is COc1ccccc1C(=O)Nc1ccc(NCc2ccc(Cl)cc2)nn1. The summed E-state index contributed by atoms with van der Waals surface area (Å²) in [5.41, 5.74) is 1.51. The van der Waals surface area contributed by atoms with Gasteiger partial charge in [-0.05, 0) is 42.0 Å². The van der Waals surface area contributed by atoms with E-state index in [2.05, 4.69) is 20.8 Å². The van der Waals surface area contributed by atoms with Crippen LogP contribution in [0.2, 0.25) is 5.02 Å². The van der Waals surface area contributed by atoms with E-state index < -0.39 is 0 Å². The number of aromatic nitrogens is 2. The van der Waals surface area contributed by atoms with Gasteiger partial charge in [-0.15, -0.1) is 10.2 Å². The second-order valence-corrected chi connectivity index (χ2v) is 5.87. The van der Waals surface area contributed by atoms with Crippen LogP contribution < -0.4 is 15.4 Å². The first-order valence-corrected chi connectivity index (χ1v) is 8.30. The van der Waals surface area contributed by atoms with Crippen LogP contribution in [0.1, 0.15) is 15.9 Å². The summed E-state index contributed by atoms with van der Waals surface area (Å²) < 4.78 is 5.19. The zero-order valence-electron chi connectivity index (χ0n) is 14.1. The lowest BCUT2D eigenvalue weighted by molar-refractivity contribution is 0.102. The third-order valence-electron chi connectivity index (χ3n) is 3.64. The Balaban J connectivity index is 1.60. The van der Waals surface area contributed by atoms with Crippen molar-refractivity contribution in [1.82, 2.24) is 10.2 Å². The van der Waals surface area contributed by atoms with E-state index in [1.165, 1.54) is 7.11 Å². The van der Waals surface area contributed by atoms with E-state index in [0.29, 0.717) is 34.5 Å². The minimum Gasteiger partial charge on any atom is -0.496 e. The molecule has 0 atom stereocenters. The zero-order valence-corrected chi connectivity index (χ0v) is 14.8. The number of methoxy groups -OCH3 is 1. The Morgan fingerprint density at radius 1 is 1.00 bits per heavy atom. The van der Waals surface area contributed by atoms with E-state index in [-0.39, 0.29) is 5.91 Å². The van der Waals surface area contributed by atoms with Gasteiger partial charge in [-0.3, -0.25) is 4.79 Å². The van der Waals surface area contributed by atoms with Gasteiger partial charge in [0.15, 0.2) is 5.82 Å². The average molecular weight is 369 g/mol. The molecule has 0 spiro atoms. The number of hydrogen-bond donors (Lipinski definition) is 2. The first-order chi connectivity index (χ1) is 12.7. The third kappa shape index (κ3) is 4.49. The molecule has 7 heteroatoms. The highest BCUT2D eigenvalue weighted by Crippen LogP contribution is 2.18. The molecule has 0 aliphatic carbocycles. The fourth-order valence-corrected chi connectivity index (χ4v) is 2.43. The van der Waals surface area contributed by atoms with Crippen molar-refractivity contribution in [3.05, 3.63) is 76.8 Å². The molecule has 1 heterocycles. The summed E-state index contributed by atoms with van der Waals surface area (Å²) in [4.78, 5) is 12.3. The van der Waals surface area contributed by atoms with Crippen molar-refractivity contribution in [2.45, 2.75) is 6.54 Å². The lowest BCUT2D eigenvalue weighted by atomic mass is 10.2. The van der Waals surface area contributed by atoms with Crippen LogP contribution in [0.3, 0.4) is 0 Å². The van der Waals surface area contributed by atoms with Crippen molar-refractivity contribution in [3.8, 4) is 5.75 Å². The van der Waals surface area contributed by atoms with Crippen molar-refractivity contribution in [3.63, 3.8) is 0 Å². The van der Waals surface area contributed by atoms with Crippen molar-refractivity contribution in [1.29, 1.82) is 0 Å². The number of hydrogen-bond acceptors (Lipinski definition) is 5. The van der Waals surface area contributed by atoms with E-state index >= 15 is 0 Å². The summed E-state index contributed by atoms with van der Waals surface area (Å²) in [5.74, 6) is 1.16. The van der Waals surface area contributed by atoms with Gasteiger partial charge in [-0.2, -0.15) is 0 Å². The molecule has 0 bridgehead atoms. The maximum absolute atomic E-state index is 12.3. The van der Waals surface area contributed by atoms with Crippen molar-refractivity contribution >= 4 is 29.1 Å². The molecule has 1 amide bonds. The number of rotatable bonds is 6. The van der Waals surface area contributed by atoms with Crippen LogP contribution in [0, 0.1) is 0 Å². The number of anilines is 2. The Morgan fingerprint density at radius 2 is 1.69 bits per heavy atom. The number of ether oxygens (including phenoxy) is 1. The average Bonchev–Trinajstić information content (AvgIpc) is 2.68. The molecule has 0 radical (unpaired) electrons. The predicted octanol–water partition coefficient (Wildman–Crippen LogP) is 4.00. The summed E-state index contributed by atoms with van der Waals surface area (Å²) in [5, 5.41) is 14.7. The Morgan fingerprint density at radius 3 is 2.38 bits per heavy atom. The minimum absolute atomic E-state index is 0.307. The molecule has 0 saturated carbocycles. The molecule has 0 saturated heterocycles. The Labute approximate surface area is 156 Å². The number of nitrogens with one attached hydrogen (secondary N) is 2. The van der Waals surface area contributed by atoms with Crippen LogP contribution in [0.25, 0.3) is 0 Å². The van der Waals surface area contributed by atoms with E-state index in [9.17, 15) is 4.79 Å². The number of nitrogens with zero attached hydrogens (tertiary/aromatic N) is 2. The molecule has 2 N–H and O–H groups in total. The van der Waals surface area contributed by atoms with Crippen LogP contribution in [-0.2, 0) is 6.54 Å². The topological polar surface area (TPSA) is 76.1 Å². The van der Waals surface area contributed by atoms with Crippen molar-refractivity contribution in [2.75, 3.05) is 17.7 Å². The van der Waals surface area contributed by atoms with Gasteiger partial charge < -0.3 is 15.4 Å². The Bertz CT molecular complexity index is 883. The smallest absolute Gasteiger partial charge is 0.260 e. The number of para-hydroxylation sites is 1. The maximum Gasteiger partial charge on any atom is 0.260 e. The third-order valence-corrected chi connectivity index (χ3v) is 3.90. The highest BCUT2D eigenvalue weighted by Gasteiger charge is 2.12. The molecule has 132 valence electrons. The summed E-state index contributed by atoms with van der Waals surface area (Å²) >= 11 is 5.87. The molecule has 26 heavy (non-hydrogen) atoms. The molecule has 6 nitrogen and oxygen atoms in total. The highest BCUT2D eigenvalue weighted by atomic mass is 35.5. The molecular formula is C19H17ClN4O2. The van der Waals surface area contributed by atoms with Gasteiger partial charge in [0.2, 0.25) is 0 Å². The van der Waals surface area contributed by atoms with Gasteiger partial charge >= 0.3 is 0 Å². The first-order valence-electron chi connectivity index (χ1n) is 7.92. The maximum atomic E-state index is 12.3. The molecule has 0 unspecified atom stereocenters. The lowest BCUT2D eigenvalue weighted by Crippen LogP contribution is -2.14. The van der Waals surface area contributed by atoms with Crippen LogP contribution in [0.4, 0.5) is 11.6 Å². The largest absolute Gasteiger partial charge is 0.496 e. The monoisotopic (exact) mass is 368 g/mol. The molecule has 0 aliphatic rings. The number of carbonyl (C=O) groups is 1. The normalized spacial score (nSPS) is 10.2. The fourth-order valence-electron chi connectivity index (χ4n) is 2.30. The van der Waals surface area contributed by atoms with Crippen LogP contribution >= 0.6 is 11.6 Å². The summed E-state index contributed by atoms with van der Waals surface area (Å²) in [7, 11) is 1.52. The highest BCUT2D eigenvalue weighted by molar-refractivity contribution is 6.30. The van der Waals surface area contributed by atoms with Gasteiger partial charge in [0, 0.05) is 11.6 Å². The zero-order chi connectivity index (χ0) is 18.4. The standard InChI is InChI=1S/C19H17ClN4O2/c1-26-16-5-3-2-4-15(16)19(25)22-18-11-10-17(23-24-18)21-12-13-6-8-14(20)9-7-13/h2-11H,12H2,1H3,(H,21,23)(H,22,24,25). The number of halogens is 1.